The molecule has 1 amide bonds. The molecule has 2 heterocycles. The molecule has 1 unspecified atom stereocenters. The van der Waals surface area contributed by atoms with Crippen molar-refractivity contribution >= 4 is 45.6 Å². The standard InChI is InChI=1S/C15H19N3OS.ClH/c1-10-17-12-6-5-11(9-13(12)20-10)18-14(19)15(2)7-3-4-8-16-15;/h5-6,9,16H,3-4,7-8H2,1-2H3,(H,18,19);1H. The molecule has 0 radical (unpaired) electrons. The first kappa shape index (κ1) is 16.2. The van der Waals surface area contributed by atoms with Gasteiger partial charge < -0.3 is 10.6 Å². The summed E-state index contributed by atoms with van der Waals surface area (Å²) in [6, 6.07) is 5.89. The minimum Gasteiger partial charge on any atom is -0.324 e. The number of nitrogens with zero attached hydrogens (tertiary/aromatic N) is 1. The van der Waals surface area contributed by atoms with E-state index in [1.165, 1.54) is 0 Å². The number of thiazole rings is 1. The normalized spacial score (nSPS) is 21.8. The van der Waals surface area contributed by atoms with E-state index in [-0.39, 0.29) is 18.3 Å². The van der Waals surface area contributed by atoms with Crippen LogP contribution in [0.25, 0.3) is 10.2 Å². The van der Waals surface area contributed by atoms with Crippen molar-refractivity contribution in [3.05, 3.63) is 23.2 Å². The maximum absolute atomic E-state index is 12.4. The van der Waals surface area contributed by atoms with Crippen molar-refractivity contribution in [3.8, 4) is 0 Å². The lowest BCUT2D eigenvalue weighted by atomic mass is 9.90. The molecule has 1 aliphatic heterocycles. The summed E-state index contributed by atoms with van der Waals surface area (Å²) in [5, 5.41) is 7.41. The molecule has 114 valence electrons. The number of piperidine rings is 1. The van der Waals surface area contributed by atoms with E-state index < -0.39 is 5.54 Å². The van der Waals surface area contributed by atoms with Crippen LogP contribution in [0.2, 0.25) is 0 Å². The fourth-order valence-electron chi connectivity index (χ4n) is 2.64. The fraction of sp³-hybridized carbons (Fsp3) is 0.467. The van der Waals surface area contributed by atoms with Crippen LogP contribution in [0.5, 0.6) is 0 Å². The zero-order chi connectivity index (χ0) is 14.2. The third-order valence-electron chi connectivity index (χ3n) is 3.87. The summed E-state index contributed by atoms with van der Waals surface area (Å²) in [4.78, 5) is 16.9. The molecule has 1 aromatic carbocycles. The minimum absolute atomic E-state index is 0. The van der Waals surface area contributed by atoms with E-state index in [1.54, 1.807) is 11.3 Å². The van der Waals surface area contributed by atoms with Crippen molar-refractivity contribution in [3.63, 3.8) is 0 Å². The van der Waals surface area contributed by atoms with Gasteiger partial charge in [-0.2, -0.15) is 0 Å². The van der Waals surface area contributed by atoms with Crippen LogP contribution in [0.1, 0.15) is 31.2 Å². The van der Waals surface area contributed by atoms with Crippen LogP contribution in [-0.4, -0.2) is 23.0 Å². The first-order valence-electron chi connectivity index (χ1n) is 7.00. The van der Waals surface area contributed by atoms with Crippen LogP contribution < -0.4 is 10.6 Å². The predicted molar refractivity (Wildman–Crippen MR) is 90.5 cm³/mol. The molecule has 0 bridgehead atoms. The number of rotatable bonds is 2. The summed E-state index contributed by atoms with van der Waals surface area (Å²) in [5.74, 6) is 0.0535. The Kier molecular flexibility index (Phi) is 4.86. The van der Waals surface area contributed by atoms with E-state index in [0.29, 0.717) is 0 Å². The number of carbonyl (C=O) groups excluding carboxylic acids is 1. The zero-order valence-electron chi connectivity index (χ0n) is 12.2. The highest BCUT2D eigenvalue weighted by Crippen LogP contribution is 2.26. The number of fused-ring (bicyclic) bond motifs is 1. The molecule has 1 fully saturated rings. The number of aryl methyl sites for hydroxylation is 1. The van der Waals surface area contributed by atoms with E-state index >= 15 is 0 Å². The van der Waals surface area contributed by atoms with Crippen molar-refractivity contribution in [2.75, 3.05) is 11.9 Å². The number of nitrogens with one attached hydrogen (secondary N) is 2. The molecule has 3 rings (SSSR count). The molecular formula is C15H20ClN3OS. The molecule has 1 atom stereocenters. The molecule has 1 aromatic heterocycles. The number of amides is 1. The monoisotopic (exact) mass is 325 g/mol. The molecule has 4 nitrogen and oxygen atoms in total. The smallest absolute Gasteiger partial charge is 0.244 e. The quantitative estimate of drug-likeness (QED) is 0.888. The number of carbonyl (C=O) groups is 1. The average Bonchev–Trinajstić information content (AvgIpc) is 2.79. The Morgan fingerprint density at radius 2 is 2.24 bits per heavy atom. The fourth-order valence-corrected chi connectivity index (χ4v) is 3.50. The van der Waals surface area contributed by atoms with Gasteiger partial charge in [0.25, 0.3) is 0 Å². The van der Waals surface area contributed by atoms with Gasteiger partial charge in [0.15, 0.2) is 0 Å². The van der Waals surface area contributed by atoms with E-state index in [2.05, 4.69) is 15.6 Å². The van der Waals surface area contributed by atoms with Gasteiger partial charge in [-0.1, -0.05) is 0 Å². The maximum Gasteiger partial charge on any atom is 0.244 e. The molecule has 2 N–H and O–H groups in total. The van der Waals surface area contributed by atoms with Crippen molar-refractivity contribution in [2.45, 2.75) is 38.6 Å². The highest BCUT2D eigenvalue weighted by molar-refractivity contribution is 7.18. The number of anilines is 1. The third kappa shape index (κ3) is 3.36. The van der Waals surface area contributed by atoms with Crippen LogP contribution in [0.4, 0.5) is 5.69 Å². The molecule has 0 saturated carbocycles. The predicted octanol–water partition coefficient (Wildman–Crippen LogP) is 3.50. The van der Waals surface area contributed by atoms with Gasteiger partial charge >= 0.3 is 0 Å². The van der Waals surface area contributed by atoms with Crippen LogP contribution >= 0.6 is 23.7 Å². The molecule has 21 heavy (non-hydrogen) atoms. The van der Waals surface area contributed by atoms with Gasteiger partial charge in [-0.15, -0.1) is 23.7 Å². The van der Waals surface area contributed by atoms with Crippen molar-refractivity contribution in [1.29, 1.82) is 0 Å². The van der Waals surface area contributed by atoms with Crippen LogP contribution in [0.15, 0.2) is 18.2 Å². The van der Waals surface area contributed by atoms with Gasteiger partial charge in [-0.25, -0.2) is 4.98 Å². The Morgan fingerprint density at radius 3 is 2.95 bits per heavy atom. The SMILES string of the molecule is Cc1nc2ccc(NC(=O)C3(C)CCCCN3)cc2s1.Cl. The molecule has 6 heteroatoms. The van der Waals surface area contributed by atoms with Gasteiger partial charge in [0.1, 0.15) is 0 Å². The van der Waals surface area contributed by atoms with Crippen molar-refractivity contribution in [2.24, 2.45) is 0 Å². The number of hydrogen-bond acceptors (Lipinski definition) is 4. The number of benzene rings is 1. The number of hydrogen-bond donors (Lipinski definition) is 2. The lowest BCUT2D eigenvalue weighted by molar-refractivity contribution is -0.122. The highest BCUT2D eigenvalue weighted by atomic mass is 35.5. The number of halogens is 1. The van der Waals surface area contributed by atoms with Gasteiger partial charge in [-0.3, -0.25) is 4.79 Å². The Morgan fingerprint density at radius 1 is 1.43 bits per heavy atom. The second-order valence-electron chi connectivity index (χ2n) is 5.59. The van der Waals surface area contributed by atoms with Crippen molar-refractivity contribution in [1.82, 2.24) is 10.3 Å². The molecule has 2 aromatic rings. The number of aromatic nitrogens is 1. The summed E-state index contributed by atoms with van der Waals surface area (Å²) < 4.78 is 1.11. The summed E-state index contributed by atoms with van der Waals surface area (Å²) in [5.41, 5.74) is 1.39. The second-order valence-corrected chi connectivity index (χ2v) is 6.82. The van der Waals surface area contributed by atoms with E-state index in [9.17, 15) is 4.79 Å². The van der Waals surface area contributed by atoms with Gasteiger partial charge in [-0.05, 0) is 57.9 Å². The van der Waals surface area contributed by atoms with E-state index in [1.807, 2.05) is 32.0 Å². The maximum atomic E-state index is 12.4. The van der Waals surface area contributed by atoms with Crippen LogP contribution in [0, 0.1) is 6.92 Å². The molecular weight excluding hydrogens is 306 g/mol. The first-order valence-corrected chi connectivity index (χ1v) is 7.82. The topological polar surface area (TPSA) is 54.0 Å². The molecule has 0 aliphatic carbocycles. The third-order valence-corrected chi connectivity index (χ3v) is 4.81. The summed E-state index contributed by atoms with van der Waals surface area (Å²) >= 11 is 1.65. The van der Waals surface area contributed by atoms with Gasteiger partial charge in [0, 0.05) is 5.69 Å². The summed E-state index contributed by atoms with van der Waals surface area (Å²) in [6.07, 6.45) is 3.14. The highest BCUT2D eigenvalue weighted by Gasteiger charge is 2.34. The minimum atomic E-state index is -0.448. The summed E-state index contributed by atoms with van der Waals surface area (Å²) in [6.45, 7) is 4.89. The second kappa shape index (κ2) is 6.30. The molecule has 1 saturated heterocycles. The van der Waals surface area contributed by atoms with Gasteiger partial charge in [0.2, 0.25) is 5.91 Å². The Balaban J connectivity index is 0.00000161. The van der Waals surface area contributed by atoms with Crippen LogP contribution in [0.3, 0.4) is 0 Å². The van der Waals surface area contributed by atoms with Crippen molar-refractivity contribution < 1.29 is 4.79 Å². The largest absolute Gasteiger partial charge is 0.324 e. The Hall–Kier alpha value is -1.17. The lowest BCUT2D eigenvalue weighted by Gasteiger charge is -2.33. The Labute approximate surface area is 134 Å². The molecule has 1 aliphatic rings. The summed E-state index contributed by atoms with van der Waals surface area (Å²) in [7, 11) is 0. The first-order chi connectivity index (χ1) is 9.57. The van der Waals surface area contributed by atoms with Crippen LogP contribution in [-0.2, 0) is 4.79 Å². The average molecular weight is 326 g/mol. The van der Waals surface area contributed by atoms with E-state index in [4.69, 9.17) is 0 Å². The van der Waals surface area contributed by atoms with Gasteiger partial charge in [0.05, 0.1) is 20.8 Å². The van der Waals surface area contributed by atoms with E-state index in [0.717, 1.165) is 46.7 Å². The zero-order valence-corrected chi connectivity index (χ0v) is 13.9. The molecule has 0 spiro atoms. The Bertz CT molecular complexity index is 649. The lowest BCUT2D eigenvalue weighted by Crippen LogP contribution is -2.54.